The highest BCUT2D eigenvalue weighted by Crippen LogP contribution is 2.45. The van der Waals surface area contributed by atoms with E-state index in [0.29, 0.717) is 24.6 Å². The largest absolute Gasteiger partial charge is 0.506 e. The van der Waals surface area contributed by atoms with E-state index >= 15 is 0 Å². The molecule has 2 fully saturated rings. The summed E-state index contributed by atoms with van der Waals surface area (Å²) in [4.78, 5) is 6.23. The van der Waals surface area contributed by atoms with Crippen molar-refractivity contribution in [2.45, 2.75) is 75.3 Å². The lowest BCUT2D eigenvalue weighted by molar-refractivity contribution is 0.0338. The first-order chi connectivity index (χ1) is 17.4. The van der Waals surface area contributed by atoms with Crippen LogP contribution in [0.15, 0.2) is 34.1 Å². The minimum atomic E-state index is -0.0699. The van der Waals surface area contributed by atoms with E-state index in [9.17, 15) is 10.2 Å². The molecule has 0 amide bonds. The molecule has 0 bridgehead atoms. The first kappa shape index (κ1) is 28.2. The molecule has 0 saturated carbocycles. The standard InChI is InChI=1S/C30H44N2O4S/c1-29(2,3)23-15-21(19-31-7-11-35-12-8-31)27(33)25(17-23)37-26-18-24(30(4,5)6)16-22(28(26)34)20-32-9-13-36-14-10-32/h15-18,33-34H,7-14,19-20H2,1-6H3. The summed E-state index contributed by atoms with van der Waals surface area (Å²) in [5.41, 5.74) is 4.07. The Balaban J connectivity index is 1.72. The summed E-state index contributed by atoms with van der Waals surface area (Å²) in [6.45, 7) is 20.9. The van der Waals surface area contributed by atoms with Crippen LogP contribution in [0.25, 0.3) is 0 Å². The molecule has 7 heteroatoms. The zero-order valence-corrected chi connectivity index (χ0v) is 24.2. The average molecular weight is 529 g/mol. The van der Waals surface area contributed by atoms with Crippen LogP contribution in [0.4, 0.5) is 0 Å². The lowest BCUT2D eigenvalue weighted by Gasteiger charge is -2.29. The van der Waals surface area contributed by atoms with Crippen LogP contribution in [-0.4, -0.2) is 72.6 Å². The fourth-order valence-corrected chi connectivity index (χ4v) is 5.78. The van der Waals surface area contributed by atoms with Crippen molar-refractivity contribution >= 4 is 11.8 Å². The summed E-state index contributed by atoms with van der Waals surface area (Å²) in [6, 6.07) is 8.47. The van der Waals surface area contributed by atoms with Gasteiger partial charge in [-0.1, -0.05) is 65.4 Å². The Bertz CT molecular complexity index is 993. The predicted molar refractivity (Wildman–Crippen MR) is 150 cm³/mol. The molecule has 2 heterocycles. The maximum Gasteiger partial charge on any atom is 0.134 e. The van der Waals surface area contributed by atoms with E-state index < -0.39 is 0 Å². The monoisotopic (exact) mass is 528 g/mol. The molecular weight excluding hydrogens is 484 g/mol. The van der Waals surface area contributed by atoms with Crippen LogP contribution in [0.1, 0.15) is 63.8 Å². The molecule has 2 N–H and O–H groups in total. The van der Waals surface area contributed by atoms with Crippen LogP contribution in [0, 0.1) is 0 Å². The van der Waals surface area contributed by atoms with Gasteiger partial charge in [0.1, 0.15) is 11.5 Å². The molecule has 0 unspecified atom stereocenters. The molecule has 2 aromatic carbocycles. The van der Waals surface area contributed by atoms with Crippen LogP contribution in [0.3, 0.4) is 0 Å². The van der Waals surface area contributed by atoms with E-state index in [-0.39, 0.29) is 10.8 Å². The van der Waals surface area contributed by atoms with Crippen molar-refractivity contribution in [2.24, 2.45) is 0 Å². The fraction of sp³-hybridized carbons (Fsp3) is 0.600. The van der Waals surface area contributed by atoms with Gasteiger partial charge in [0.25, 0.3) is 0 Å². The van der Waals surface area contributed by atoms with Gasteiger partial charge in [0.2, 0.25) is 0 Å². The SMILES string of the molecule is CC(C)(C)c1cc(CN2CCOCC2)c(O)c(Sc2cc(C(C)(C)C)cc(CN3CCOCC3)c2O)c1. The number of hydrogen-bond acceptors (Lipinski definition) is 7. The van der Waals surface area contributed by atoms with Crippen molar-refractivity contribution in [2.75, 3.05) is 52.6 Å². The Morgan fingerprint density at radius 2 is 1.00 bits per heavy atom. The summed E-state index contributed by atoms with van der Waals surface area (Å²) in [7, 11) is 0. The molecule has 0 atom stereocenters. The molecule has 204 valence electrons. The van der Waals surface area contributed by atoms with Crippen LogP contribution < -0.4 is 0 Å². The van der Waals surface area contributed by atoms with Gasteiger partial charge in [0.05, 0.1) is 36.2 Å². The molecule has 4 rings (SSSR count). The van der Waals surface area contributed by atoms with Gasteiger partial charge in [-0.25, -0.2) is 0 Å². The van der Waals surface area contributed by atoms with E-state index in [1.165, 1.54) is 22.9 Å². The predicted octanol–water partition coefficient (Wildman–Crippen LogP) is 5.51. The van der Waals surface area contributed by atoms with Crippen molar-refractivity contribution < 1.29 is 19.7 Å². The second-order valence-corrected chi connectivity index (χ2v) is 13.4. The van der Waals surface area contributed by atoms with Gasteiger partial charge in [-0.3, -0.25) is 9.80 Å². The van der Waals surface area contributed by atoms with Crippen molar-refractivity contribution in [1.82, 2.24) is 9.80 Å². The number of morpholine rings is 2. The number of benzene rings is 2. The zero-order valence-electron chi connectivity index (χ0n) is 23.4. The van der Waals surface area contributed by atoms with Crippen LogP contribution in [0.2, 0.25) is 0 Å². The molecule has 0 spiro atoms. The zero-order chi connectivity index (χ0) is 26.8. The van der Waals surface area contributed by atoms with Crippen molar-refractivity contribution in [1.29, 1.82) is 0 Å². The van der Waals surface area contributed by atoms with Crippen molar-refractivity contribution in [3.63, 3.8) is 0 Å². The number of hydrogen-bond donors (Lipinski definition) is 2. The molecule has 0 aliphatic carbocycles. The van der Waals surface area contributed by atoms with Gasteiger partial charge >= 0.3 is 0 Å². The normalized spacial score (nSPS) is 18.3. The number of ether oxygens (including phenoxy) is 2. The third kappa shape index (κ3) is 7.21. The smallest absolute Gasteiger partial charge is 0.134 e. The maximum absolute atomic E-state index is 11.4. The molecule has 37 heavy (non-hydrogen) atoms. The summed E-state index contributed by atoms with van der Waals surface area (Å²) in [5, 5.41) is 22.9. The Hall–Kier alpha value is -1.77. The van der Waals surface area contributed by atoms with Gasteiger partial charge in [0, 0.05) is 50.4 Å². The highest BCUT2D eigenvalue weighted by atomic mass is 32.2. The molecule has 0 aromatic heterocycles. The van der Waals surface area contributed by atoms with Gasteiger partial charge in [-0.05, 0) is 34.1 Å². The average Bonchev–Trinajstić information content (AvgIpc) is 2.83. The second-order valence-electron chi connectivity index (χ2n) is 12.3. The van der Waals surface area contributed by atoms with E-state index in [0.717, 1.165) is 73.5 Å². The van der Waals surface area contributed by atoms with E-state index in [2.05, 4.69) is 75.6 Å². The van der Waals surface area contributed by atoms with E-state index in [1.54, 1.807) is 0 Å². The second kappa shape index (κ2) is 11.5. The third-order valence-corrected chi connectivity index (χ3v) is 8.32. The molecule has 2 aliphatic rings. The highest BCUT2D eigenvalue weighted by Gasteiger charge is 2.25. The van der Waals surface area contributed by atoms with Gasteiger partial charge in [-0.15, -0.1) is 0 Å². The topological polar surface area (TPSA) is 65.4 Å². The maximum atomic E-state index is 11.4. The Labute approximate surface area is 227 Å². The minimum Gasteiger partial charge on any atom is -0.506 e. The van der Waals surface area contributed by atoms with Crippen LogP contribution in [-0.2, 0) is 33.4 Å². The van der Waals surface area contributed by atoms with E-state index in [1.807, 2.05) is 0 Å². The van der Waals surface area contributed by atoms with Gasteiger partial charge in [-0.2, -0.15) is 0 Å². The number of aromatic hydroxyl groups is 2. The quantitative estimate of drug-likeness (QED) is 0.513. The van der Waals surface area contributed by atoms with Crippen LogP contribution >= 0.6 is 11.8 Å². The lowest BCUT2D eigenvalue weighted by atomic mass is 9.86. The number of phenolic OH excluding ortho intramolecular Hbond substituents is 2. The van der Waals surface area contributed by atoms with Crippen LogP contribution in [0.5, 0.6) is 11.5 Å². The minimum absolute atomic E-state index is 0.0699. The number of phenols is 2. The van der Waals surface area contributed by atoms with E-state index in [4.69, 9.17) is 9.47 Å². The summed E-state index contributed by atoms with van der Waals surface area (Å²) in [5.74, 6) is 0.611. The van der Waals surface area contributed by atoms with Crippen molar-refractivity contribution in [3.8, 4) is 11.5 Å². The molecule has 0 radical (unpaired) electrons. The van der Waals surface area contributed by atoms with Gasteiger partial charge in [0.15, 0.2) is 0 Å². The molecule has 2 aliphatic heterocycles. The first-order valence-corrected chi connectivity index (χ1v) is 14.2. The summed E-state index contributed by atoms with van der Waals surface area (Å²) in [6.07, 6.45) is 0. The fourth-order valence-electron chi connectivity index (χ4n) is 4.71. The Kier molecular flexibility index (Phi) is 8.81. The number of nitrogens with zero attached hydrogens (tertiary/aromatic N) is 2. The third-order valence-electron chi connectivity index (χ3n) is 7.26. The molecule has 2 saturated heterocycles. The molecule has 2 aromatic rings. The van der Waals surface area contributed by atoms with Crippen molar-refractivity contribution in [3.05, 3.63) is 46.5 Å². The lowest BCUT2D eigenvalue weighted by Crippen LogP contribution is -2.35. The summed E-state index contributed by atoms with van der Waals surface area (Å²) < 4.78 is 11.0. The van der Waals surface area contributed by atoms with Gasteiger partial charge < -0.3 is 19.7 Å². The number of rotatable bonds is 6. The summed E-state index contributed by atoms with van der Waals surface area (Å²) >= 11 is 1.47. The molecule has 6 nitrogen and oxygen atoms in total. The Morgan fingerprint density at radius 3 is 1.32 bits per heavy atom. The first-order valence-electron chi connectivity index (χ1n) is 13.4. The molecular formula is C30H44N2O4S. The highest BCUT2D eigenvalue weighted by molar-refractivity contribution is 7.99. The Morgan fingerprint density at radius 1 is 0.649 bits per heavy atom.